The quantitative estimate of drug-likeness (QED) is 0.0262. The minimum atomic E-state index is -0.801. The van der Waals surface area contributed by atoms with E-state index in [4.69, 9.17) is 14.2 Å². The second kappa shape index (κ2) is 51.7. The molecule has 0 aliphatic heterocycles. The lowest BCUT2D eigenvalue weighted by molar-refractivity contribution is -0.167. The number of esters is 3. The van der Waals surface area contributed by atoms with Crippen molar-refractivity contribution in [2.45, 2.75) is 271 Å². The van der Waals surface area contributed by atoms with E-state index in [1.165, 1.54) is 141 Å². The molecule has 0 heterocycles. The summed E-state index contributed by atoms with van der Waals surface area (Å²) in [4.78, 5) is 38.0. The molecule has 0 rings (SSSR count). The zero-order valence-corrected chi connectivity index (χ0v) is 41.6. The third-order valence-corrected chi connectivity index (χ3v) is 11.5. The van der Waals surface area contributed by atoms with Gasteiger partial charge in [-0.25, -0.2) is 0 Å². The van der Waals surface area contributed by atoms with Gasteiger partial charge in [0.25, 0.3) is 0 Å². The van der Waals surface area contributed by atoms with Crippen molar-refractivity contribution in [2.75, 3.05) is 13.2 Å². The summed E-state index contributed by atoms with van der Waals surface area (Å²) in [6, 6.07) is 0. The van der Waals surface area contributed by atoms with E-state index in [9.17, 15) is 14.4 Å². The molecule has 0 aromatic rings. The second-order valence-corrected chi connectivity index (χ2v) is 17.8. The normalized spacial score (nSPS) is 12.5. The van der Waals surface area contributed by atoms with Crippen molar-refractivity contribution < 1.29 is 28.6 Å². The van der Waals surface area contributed by atoms with Crippen LogP contribution < -0.4 is 0 Å². The van der Waals surface area contributed by atoms with Crippen LogP contribution in [0.3, 0.4) is 0 Å². The van der Waals surface area contributed by atoms with Crippen LogP contribution in [0.5, 0.6) is 0 Å². The third-order valence-electron chi connectivity index (χ3n) is 11.5. The monoisotopic (exact) mass is 881 g/mol. The Morgan fingerprint density at radius 3 is 0.984 bits per heavy atom. The average molecular weight is 881 g/mol. The number of ether oxygens (including phenoxy) is 3. The Balaban J connectivity index is 4.47. The van der Waals surface area contributed by atoms with Gasteiger partial charge in [-0.1, -0.05) is 204 Å². The predicted octanol–water partition coefficient (Wildman–Crippen LogP) is 17.6. The van der Waals surface area contributed by atoms with Crippen molar-refractivity contribution in [2.24, 2.45) is 0 Å². The fourth-order valence-electron chi connectivity index (χ4n) is 7.39. The highest BCUT2D eigenvalue weighted by molar-refractivity contribution is 5.71. The Kier molecular flexibility index (Phi) is 49.4. The SMILES string of the molecule is CCCCCC/C=C\CCCCCCCC(=O)OC[C@@H](COC(=O)CCC/C=C\C/C=C\C/C=C\CCCCCCCC)OC(=O)CCCCCCC/C=C\CCCCCCCC. The van der Waals surface area contributed by atoms with E-state index in [1.54, 1.807) is 0 Å². The summed E-state index contributed by atoms with van der Waals surface area (Å²) < 4.78 is 16.8. The van der Waals surface area contributed by atoms with Gasteiger partial charge in [-0.2, -0.15) is 0 Å². The minimum absolute atomic E-state index is 0.0970. The van der Waals surface area contributed by atoms with E-state index in [0.29, 0.717) is 19.3 Å². The molecule has 0 bridgehead atoms. The lowest BCUT2D eigenvalue weighted by Gasteiger charge is -2.18. The van der Waals surface area contributed by atoms with Crippen molar-refractivity contribution in [3.05, 3.63) is 60.8 Å². The smallest absolute Gasteiger partial charge is 0.306 e. The highest BCUT2D eigenvalue weighted by Crippen LogP contribution is 2.14. The molecule has 6 nitrogen and oxygen atoms in total. The number of carbonyl (C=O) groups excluding carboxylic acids is 3. The first kappa shape index (κ1) is 60.1. The predicted molar refractivity (Wildman–Crippen MR) is 270 cm³/mol. The molecular weight excluding hydrogens is 781 g/mol. The van der Waals surface area contributed by atoms with E-state index in [0.717, 1.165) is 77.0 Å². The number of hydrogen-bond acceptors (Lipinski definition) is 6. The number of rotatable bonds is 48. The minimum Gasteiger partial charge on any atom is -0.462 e. The Hall–Kier alpha value is -2.89. The zero-order chi connectivity index (χ0) is 45.8. The van der Waals surface area contributed by atoms with Crippen LogP contribution in [0.25, 0.3) is 0 Å². The molecule has 0 saturated heterocycles. The van der Waals surface area contributed by atoms with Crippen molar-refractivity contribution in [1.29, 1.82) is 0 Å². The molecule has 0 spiro atoms. The molecule has 364 valence electrons. The van der Waals surface area contributed by atoms with Crippen molar-refractivity contribution in [1.82, 2.24) is 0 Å². The van der Waals surface area contributed by atoms with Gasteiger partial charge in [0.15, 0.2) is 6.10 Å². The van der Waals surface area contributed by atoms with Gasteiger partial charge in [-0.15, -0.1) is 0 Å². The maximum atomic E-state index is 12.8. The topological polar surface area (TPSA) is 78.9 Å². The van der Waals surface area contributed by atoms with E-state index in [1.807, 2.05) is 0 Å². The van der Waals surface area contributed by atoms with Crippen LogP contribution in [0.15, 0.2) is 60.8 Å². The fraction of sp³-hybridized carbons (Fsp3) is 0.772. The molecule has 63 heavy (non-hydrogen) atoms. The van der Waals surface area contributed by atoms with Crippen LogP contribution >= 0.6 is 0 Å². The molecule has 0 fully saturated rings. The molecule has 0 aliphatic carbocycles. The maximum Gasteiger partial charge on any atom is 0.306 e. The first-order valence-electron chi connectivity index (χ1n) is 26.8. The van der Waals surface area contributed by atoms with Gasteiger partial charge in [0.2, 0.25) is 0 Å². The Bertz CT molecular complexity index is 1150. The Labute approximate surface area is 390 Å². The summed E-state index contributed by atoms with van der Waals surface area (Å²) >= 11 is 0. The maximum absolute atomic E-state index is 12.8. The van der Waals surface area contributed by atoms with Gasteiger partial charge in [0.05, 0.1) is 0 Å². The summed E-state index contributed by atoms with van der Waals surface area (Å²) in [5, 5.41) is 0. The Morgan fingerprint density at radius 2 is 0.587 bits per heavy atom. The number of hydrogen-bond donors (Lipinski definition) is 0. The van der Waals surface area contributed by atoms with E-state index in [2.05, 4.69) is 81.5 Å². The summed E-state index contributed by atoms with van der Waals surface area (Å²) in [5.74, 6) is -0.963. The lowest BCUT2D eigenvalue weighted by Crippen LogP contribution is -2.30. The van der Waals surface area contributed by atoms with Crippen molar-refractivity contribution >= 4 is 17.9 Å². The van der Waals surface area contributed by atoms with Crippen LogP contribution in [0.4, 0.5) is 0 Å². The average Bonchev–Trinajstić information content (AvgIpc) is 3.28. The van der Waals surface area contributed by atoms with Gasteiger partial charge in [0.1, 0.15) is 13.2 Å². The van der Waals surface area contributed by atoms with E-state index in [-0.39, 0.29) is 37.5 Å². The Morgan fingerprint density at radius 1 is 0.317 bits per heavy atom. The molecule has 0 aliphatic rings. The standard InChI is InChI=1S/C57H100O6/c1-4-7-10-13-16-19-22-25-27-28-30-32-35-38-41-44-47-50-56(59)62-53-54(52-61-55(58)49-46-43-40-37-34-31-24-21-18-15-12-9-6-3)63-57(60)51-48-45-42-39-36-33-29-26-23-20-17-14-11-8-5-2/h21,24-27,29-30,32,38,41,54H,4-20,22-23,28,31,33-37,39-40,42-53H2,1-3H3/b24-21-,27-25-,29-26-,32-30-,41-38-/t54-/m0/s1. The highest BCUT2D eigenvalue weighted by atomic mass is 16.6. The molecular formula is C57H100O6. The summed E-state index contributed by atoms with van der Waals surface area (Å²) in [6.07, 6.45) is 63.5. The van der Waals surface area contributed by atoms with Crippen LogP contribution in [-0.2, 0) is 28.6 Å². The van der Waals surface area contributed by atoms with Gasteiger partial charge in [-0.3, -0.25) is 14.4 Å². The number of allylic oxidation sites excluding steroid dienone is 10. The highest BCUT2D eigenvalue weighted by Gasteiger charge is 2.19. The molecule has 6 heteroatoms. The van der Waals surface area contributed by atoms with E-state index < -0.39 is 6.10 Å². The van der Waals surface area contributed by atoms with Crippen molar-refractivity contribution in [3.63, 3.8) is 0 Å². The summed E-state index contributed by atoms with van der Waals surface area (Å²) in [6.45, 7) is 6.56. The van der Waals surface area contributed by atoms with Crippen LogP contribution in [0.1, 0.15) is 265 Å². The first-order chi connectivity index (χ1) is 31.0. The molecule has 0 N–H and O–H groups in total. The summed E-state index contributed by atoms with van der Waals surface area (Å²) in [5.41, 5.74) is 0. The largest absolute Gasteiger partial charge is 0.462 e. The van der Waals surface area contributed by atoms with Crippen LogP contribution in [-0.4, -0.2) is 37.2 Å². The van der Waals surface area contributed by atoms with Gasteiger partial charge >= 0.3 is 17.9 Å². The molecule has 1 atom stereocenters. The molecule has 0 radical (unpaired) electrons. The second-order valence-electron chi connectivity index (χ2n) is 17.8. The van der Waals surface area contributed by atoms with Crippen LogP contribution in [0.2, 0.25) is 0 Å². The number of unbranched alkanes of at least 4 members (excludes halogenated alkanes) is 27. The van der Waals surface area contributed by atoms with Gasteiger partial charge < -0.3 is 14.2 Å². The van der Waals surface area contributed by atoms with Crippen molar-refractivity contribution in [3.8, 4) is 0 Å². The number of carbonyl (C=O) groups is 3. The fourth-order valence-corrected chi connectivity index (χ4v) is 7.39. The molecule has 0 saturated carbocycles. The zero-order valence-electron chi connectivity index (χ0n) is 41.6. The van der Waals surface area contributed by atoms with Crippen LogP contribution in [0, 0.1) is 0 Å². The summed E-state index contributed by atoms with van der Waals surface area (Å²) in [7, 11) is 0. The molecule has 0 aromatic heterocycles. The molecule has 0 amide bonds. The lowest BCUT2D eigenvalue weighted by atomic mass is 10.1. The van der Waals surface area contributed by atoms with Gasteiger partial charge in [0, 0.05) is 19.3 Å². The molecule has 0 unspecified atom stereocenters. The molecule has 0 aromatic carbocycles. The van der Waals surface area contributed by atoms with E-state index >= 15 is 0 Å². The van der Waals surface area contributed by atoms with Gasteiger partial charge in [-0.05, 0) is 103 Å². The third kappa shape index (κ3) is 50.0. The first-order valence-corrected chi connectivity index (χ1v) is 26.8.